The van der Waals surface area contributed by atoms with Crippen LogP contribution in [0.3, 0.4) is 0 Å². The van der Waals surface area contributed by atoms with Crippen LogP contribution in [0.1, 0.15) is 13.3 Å². The molecule has 0 bridgehead atoms. The first kappa shape index (κ1) is 7.28. The van der Waals surface area contributed by atoms with Crippen molar-refractivity contribution in [1.29, 1.82) is 0 Å². The molecular weight excluding hydrogens is 132 g/mol. The molecule has 0 unspecified atom stereocenters. The van der Waals surface area contributed by atoms with Crippen molar-refractivity contribution in [3.63, 3.8) is 0 Å². The van der Waals surface area contributed by atoms with E-state index >= 15 is 0 Å². The average Bonchev–Trinajstić information content (AvgIpc) is 2.13. The summed E-state index contributed by atoms with van der Waals surface area (Å²) in [6.07, 6.45) is 1.40. The summed E-state index contributed by atoms with van der Waals surface area (Å²) in [5.74, 6) is -1.33. The van der Waals surface area contributed by atoms with Crippen molar-refractivity contribution >= 4 is 5.97 Å². The van der Waals surface area contributed by atoms with Gasteiger partial charge in [0.1, 0.15) is 0 Å². The summed E-state index contributed by atoms with van der Waals surface area (Å²) >= 11 is 0. The van der Waals surface area contributed by atoms with E-state index in [1.165, 1.54) is 0 Å². The van der Waals surface area contributed by atoms with Gasteiger partial charge in [0.15, 0.2) is 0 Å². The minimum Gasteiger partial charge on any atom is -0.481 e. The summed E-state index contributed by atoms with van der Waals surface area (Å²) < 4.78 is 0. The van der Waals surface area contributed by atoms with E-state index in [9.17, 15) is 4.79 Å². The second-order valence-electron chi connectivity index (χ2n) is 2.61. The largest absolute Gasteiger partial charge is 0.481 e. The van der Waals surface area contributed by atoms with Crippen molar-refractivity contribution in [2.75, 3.05) is 0 Å². The Bertz CT molecular complexity index is 183. The third kappa shape index (κ3) is 1.19. The van der Waals surface area contributed by atoms with E-state index in [1.807, 2.05) is 0 Å². The number of carboxylic acid groups (broad SMARTS) is 1. The number of hydrogen-bond acceptors (Lipinski definition) is 2. The van der Waals surface area contributed by atoms with Gasteiger partial charge in [-0.15, -0.1) is 0 Å². The fourth-order valence-corrected chi connectivity index (χ4v) is 1.09. The second-order valence-corrected chi connectivity index (χ2v) is 2.61. The molecule has 3 nitrogen and oxygen atoms in total. The Kier molecular flexibility index (Phi) is 1.76. The molecule has 0 saturated carbocycles. The Morgan fingerprint density at radius 3 is 2.60 bits per heavy atom. The fraction of sp³-hybridized carbons (Fsp3) is 0.571. The van der Waals surface area contributed by atoms with Crippen molar-refractivity contribution in [3.8, 4) is 0 Å². The van der Waals surface area contributed by atoms with Crippen LogP contribution in [0.15, 0.2) is 11.6 Å². The molecule has 2 N–H and O–H groups in total. The third-order valence-corrected chi connectivity index (χ3v) is 1.78. The van der Waals surface area contributed by atoms with E-state index in [0.717, 1.165) is 5.57 Å². The number of carboxylic acids is 1. The molecule has 0 aromatic carbocycles. The van der Waals surface area contributed by atoms with Crippen LogP contribution in [0.25, 0.3) is 0 Å². The summed E-state index contributed by atoms with van der Waals surface area (Å²) in [6.45, 7) is 1.74. The normalized spacial score (nSPS) is 32.0. The summed E-state index contributed by atoms with van der Waals surface area (Å²) in [6, 6.07) is 0. The lowest BCUT2D eigenvalue weighted by Gasteiger charge is -2.02. The first-order valence-corrected chi connectivity index (χ1v) is 3.20. The molecule has 56 valence electrons. The van der Waals surface area contributed by atoms with Gasteiger partial charge in [0.25, 0.3) is 0 Å². The van der Waals surface area contributed by atoms with E-state index in [1.54, 1.807) is 13.0 Å². The zero-order chi connectivity index (χ0) is 7.72. The number of aliphatic hydroxyl groups is 1. The topological polar surface area (TPSA) is 57.5 Å². The van der Waals surface area contributed by atoms with Crippen molar-refractivity contribution in [1.82, 2.24) is 0 Å². The summed E-state index contributed by atoms with van der Waals surface area (Å²) in [7, 11) is 0. The molecule has 0 spiro atoms. The first-order chi connectivity index (χ1) is 4.61. The highest BCUT2D eigenvalue weighted by atomic mass is 16.4. The highest BCUT2D eigenvalue weighted by molar-refractivity contribution is 5.73. The molecule has 0 radical (unpaired) electrons. The number of hydrogen-bond donors (Lipinski definition) is 2. The minimum atomic E-state index is -0.851. The molecule has 0 fully saturated rings. The van der Waals surface area contributed by atoms with Crippen LogP contribution < -0.4 is 0 Å². The van der Waals surface area contributed by atoms with E-state index in [4.69, 9.17) is 10.2 Å². The molecule has 1 aliphatic rings. The van der Waals surface area contributed by atoms with Gasteiger partial charge >= 0.3 is 5.97 Å². The van der Waals surface area contributed by atoms with Crippen LogP contribution in [-0.4, -0.2) is 22.3 Å². The Morgan fingerprint density at radius 1 is 1.80 bits per heavy atom. The maximum Gasteiger partial charge on any atom is 0.310 e. The Hall–Kier alpha value is -0.830. The molecule has 1 aliphatic carbocycles. The van der Waals surface area contributed by atoms with Crippen molar-refractivity contribution in [2.45, 2.75) is 19.4 Å². The van der Waals surface area contributed by atoms with E-state index < -0.39 is 18.0 Å². The van der Waals surface area contributed by atoms with Gasteiger partial charge in [0.05, 0.1) is 12.0 Å². The highest BCUT2D eigenvalue weighted by Gasteiger charge is 2.26. The summed E-state index contributed by atoms with van der Waals surface area (Å²) in [5, 5.41) is 17.6. The molecule has 0 heterocycles. The summed E-state index contributed by atoms with van der Waals surface area (Å²) in [4.78, 5) is 10.3. The van der Waals surface area contributed by atoms with Crippen LogP contribution in [0.5, 0.6) is 0 Å². The molecule has 0 aliphatic heterocycles. The molecule has 0 saturated heterocycles. The van der Waals surface area contributed by atoms with Gasteiger partial charge < -0.3 is 10.2 Å². The maximum absolute atomic E-state index is 10.3. The third-order valence-electron chi connectivity index (χ3n) is 1.78. The lowest BCUT2D eigenvalue weighted by atomic mass is 10.1. The van der Waals surface area contributed by atoms with Gasteiger partial charge in [-0.2, -0.15) is 0 Å². The van der Waals surface area contributed by atoms with Gasteiger partial charge in [-0.1, -0.05) is 6.08 Å². The Balaban J connectivity index is 2.65. The van der Waals surface area contributed by atoms with Crippen LogP contribution in [0.4, 0.5) is 0 Å². The Morgan fingerprint density at radius 2 is 2.40 bits per heavy atom. The van der Waals surface area contributed by atoms with Gasteiger partial charge in [-0.05, 0) is 18.9 Å². The monoisotopic (exact) mass is 142 g/mol. The maximum atomic E-state index is 10.3. The number of rotatable bonds is 1. The van der Waals surface area contributed by atoms with E-state index in [-0.39, 0.29) is 0 Å². The summed E-state index contributed by atoms with van der Waals surface area (Å²) in [5.41, 5.74) is 0.771. The zero-order valence-electron chi connectivity index (χ0n) is 5.74. The lowest BCUT2D eigenvalue weighted by Crippen LogP contribution is -2.11. The molecule has 0 aromatic rings. The van der Waals surface area contributed by atoms with Crippen molar-refractivity contribution < 1.29 is 15.0 Å². The highest BCUT2D eigenvalue weighted by Crippen LogP contribution is 2.23. The number of aliphatic carboxylic acids is 1. The van der Waals surface area contributed by atoms with Gasteiger partial charge in [0, 0.05) is 0 Å². The van der Waals surface area contributed by atoms with Gasteiger partial charge in [0.2, 0.25) is 0 Å². The lowest BCUT2D eigenvalue weighted by molar-refractivity contribution is -0.140. The SMILES string of the molecule is CC1=C[C@H](C(=O)O)C[C@@H]1O. The smallest absolute Gasteiger partial charge is 0.310 e. The molecule has 1 rings (SSSR count). The van der Waals surface area contributed by atoms with E-state index in [0.29, 0.717) is 6.42 Å². The average molecular weight is 142 g/mol. The van der Waals surface area contributed by atoms with Crippen molar-refractivity contribution in [3.05, 3.63) is 11.6 Å². The predicted octanol–water partition coefficient (Wildman–Crippen LogP) is 0.398. The van der Waals surface area contributed by atoms with Gasteiger partial charge in [-0.25, -0.2) is 0 Å². The number of aliphatic hydroxyl groups excluding tert-OH is 1. The van der Waals surface area contributed by atoms with Crippen LogP contribution in [0.2, 0.25) is 0 Å². The molecular formula is C7H10O3. The number of carbonyl (C=O) groups is 1. The molecule has 10 heavy (non-hydrogen) atoms. The quantitative estimate of drug-likeness (QED) is 0.521. The Labute approximate surface area is 59.0 Å². The molecule has 3 heteroatoms. The standard InChI is InChI=1S/C7H10O3/c1-4-2-5(7(9)10)3-6(4)8/h2,5-6,8H,3H2,1H3,(H,9,10)/t5-,6-/m0/s1. The molecule has 0 amide bonds. The van der Waals surface area contributed by atoms with Crippen LogP contribution >= 0.6 is 0 Å². The fourth-order valence-electron chi connectivity index (χ4n) is 1.09. The molecule has 2 atom stereocenters. The zero-order valence-corrected chi connectivity index (χ0v) is 5.74. The van der Waals surface area contributed by atoms with Crippen molar-refractivity contribution in [2.24, 2.45) is 5.92 Å². The van der Waals surface area contributed by atoms with E-state index in [2.05, 4.69) is 0 Å². The molecule has 0 aromatic heterocycles. The predicted molar refractivity (Wildman–Crippen MR) is 35.5 cm³/mol. The second kappa shape index (κ2) is 2.42. The first-order valence-electron chi connectivity index (χ1n) is 3.20. The van der Waals surface area contributed by atoms with Gasteiger partial charge in [-0.3, -0.25) is 4.79 Å². The van der Waals surface area contributed by atoms with Crippen LogP contribution in [-0.2, 0) is 4.79 Å². The minimum absolute atomic E-state index is 0.334. The van der Waals surface area contributed by atoms with Crippen LogP contribution in [0, 0.1) is 5.92 Å².